The van der Waals surface area contributed by atoms with E-state index in [1.807, 2.05) is 127 Å². The second kappa shape index (κ2) is 42.8. The summed E-state index contributed by atoms with van der Waals surface area (Å²) in [6.45, 7) is 29.3. The highest BCUT2D eigenvalue weighted by molar-refractivity contribution is 5.99. The van der Waals surface area contributed by atoms with Crippen LogP contribution in [0.5, 0.6) is 0 Å². The van der Waals surface area contributed by atoms with Crippen LogP contribution >= 0.6 is 0 Å². The van der Waals surface area contributed by atoms with Crippen LogP contribution in [0.3, 0.4) is 0 Å². The first-order valence-corrected chi connectivity index (χ1v) is 49.1. The van der Waals surface area contributed by atoms with Crippen molar-refractivity contribution >= 4 is 17.3 Å². The lowest BCUT2D eigenvalue weighted by Crippen LogP contribution is -2.14. The smallest absolute Gasteiger partial charge is 0.159 e. The number of ketones is 3. The highest BCUT2D eigenvalue weighted by Crippen LogP contribution is 2.52. The van der Waals surface area contributed by atoms with Crippen molar-refractivity contribution in [2.45, 2.75) is 133 Å². The maximum absolute atomic E-state index is 11.8. The molecule has 0 aromatic heterocycles. The van der Waals surface area contributed by atoms with Crippen LogP contribution in [0, 0.1) is 41.5 Å². The Balaban J connectivity index is 0.000000109. The lowest BCUT2D eigenvalue weighted by atomic mass is 9.82. The van der Waals surface area contributed by atoms with Crippen molar-refractivity contribution in [1.82, 2.24) is 0 Å². The van der Waals surface area contributed by atoms with Gasteiger partial charge in [-0.3, -0.25) is 14.4 Å². The molecular formula is C137H122O3. The molecule has 3 heteroatoms. The third-order valence-corrected chi connectivity index (χ3v) is 28.1. The summed E-state index contributed by atoms with van der Waals surface area (Å²) in [7, 11) is 0. The Morgan fingerprint density at radius 2 is 0.521 bits per heavy atom. The van der Waals surface area contributed by atoms with Crippen molar-refractivity contribution in [3.8, 4) is 111 Å². The van der Waals surface area contributed by atoms with E-state index in [1.165, 1.54) is 167 Å². The van der Waals surface area contributed by atoms with E-state index in [2.05, 4.69) is 392 Å². The van der Waals surface area contributed by atoms with Gasteiger partial charge in [0, 0.05) is 33.4 Å². The summed E-state index contributed by atoms with van der Waals surface area (Å²) in [5.74, 6) is 0.849. The third kappa shape index (κ3) is 21.5. The molecule has 19 aromatic carbocycles. The van der Waals surface area contributed by atoms with E-state index >= 15 is 0 Å². The number of aryl methyl sites for hydroxylation is 6. The highest BCUT2D eigenvalue weighted by atomic mass is 16.1. The maximum atomic E-state index is 11.8. The minimum Gasteiger partial charge on any atom is -0.295 e. The van der Waals surface area contributed by atoms with Crippen LogP contribution in [0.15, 0.2) is 443 Å². The first-order valence-electron chi connectivity index (χ1n) is 49.1. The average Bonchev–Trinajstić information content (AvgIpc) is 1.58. The Kier molecular flexibility index (Phi) is 29.3. The highest BCUT2D eigenvalue weighted by Gasteiger charge is 2.37. The molecule has 3 nitrogen and oxygen atoms in total. The SMILES string of the molecule is CC(=O)c1cc(-c2ccccc2)cc(-c2ccccc2)c1.CC(=O)c1cc(-c2ccccc2)cc(-c2ccccc2)c1.CC(=O)c1ccccc1.Cc1ccc2c(c1)-c1ccccc1C2.Cc1ccc2c(c1)-c1ccccc1C2(C)C.Cc1ccc2c(c1)C(C)(C)c1ccccc1-2.Cc1ccc2c(c1)C(C)c1ccccc1-2.Cc1ccc2c(c1)Cc1ccccc1-2.Cc1cccc2c1-c1ccccc1C2. The van der Waals surface area contributed by atoms with Gasteiger partial charge in [0.25, 0.3) is 0 Å². The average molecular weight is 1820 g/mol. The second-order valence-electron chi connectivity index (χ2n) is 38.9. The van der Waals surface area contributed by atoms with E-state index < -0.39 is 0 Å². The molecule has 140 heavy (non-hydrogen) atoms. The quantitative estimate of drug-likeness (QED) is 0.149. The molecule has 6 aliphatic carbocycles. The minimum absolute atomic E-state index is 0.0879. The second-order valence-corrected chi connectivity index (χ2v) is 38.9. The molecule has 0 amide bonds. The monoisotopic (exact) mass is 1810 g/mol. The number of carbonyl (C=O) groups excluding carboxylic acids is 3. The number of Topliss-reactive ketones (excluding diaryl/α,β-unsaturated/α-hetero) is 3. The molecule has 6 aliphatic rings. The zero-order chi connectivity index (χ0) is 97.7. The summed E-state index contributed by atoms with van der Waals surface area (Å²) < 4.78 is 0. The fourth-order valence-corrected chi connectivity index (χ4v) is 20.6. The first kappa shape index (κ1) is 95.9. The molecule has 0 fully saturated rings. The first-order chi connectivity index (χ1) is 67.8. The van der Waals surface area contributed by atoms with E-state index in [4.69, 9.17) is 0 Å². The van der Waals surface area contributed by atoms with Gasteiger partial charge in [-0.25, -0.2) is 0 Å². The van der Waals surface area contributed by atoms with Crippen molar-refractivity contribution in [2.75, 3.05) is 0 Å². The van der Waals surface area contributed by atoms with Gasteiger partial charge in [0.15, 0.2) is 17.3 Å². The molecule has 0 heterocycles. The summed E-state index contributed by atoms with van der Waals surface area (Å²) in [6.07, 6.45) is 3.31. The summed E-state index contributed by atoms with van der Waals surface area (Å²) >= 11 is 0. The molecule has 0 radical (unpaired) electrons. The van der Waals surface area contributed by atoms with E-state index in [1.54, 1.807) is 20.8 Å². The lowest BCUT2D eigenvalue weighted by Gasteiger charge is -2.21. The van der Waals surface area contributed by atoms with Gasteiger partial charge in [-0.2, -0.15) is 0 Å². The molecule has 1 atom stereocenters. The van der Waals surface area contributed by atoms with Crippen LogP contribution in [0.2, 0.25) is 0 Å². The van der Waals surface area contributed by atoms with E-state index in [9.17, 15) is 14.4 Å². The Morgan fingerprint density at radius 1 is 0.207 bits per heavy atom. The van der Waals surface area contributed by atoms with Crippen molar-refractivity contribution < 1.29 is 14.4 Å². The largest absolute Gasteiger partial charge is 0.295 e. The van der Waals surface area contributed by atoms with Crippen LogP contribution in [0.25, 0.3) is 111 Å². The van der Waals surface area contributed by atoms with Gasteiger partial charge in [0.2, 0.25) is 0 Å². The van der Waals surface area contributed by atoms with Crippen LogP contribution in [-0.4, -0.2) is 17.3 Å². The Hall–Kier alpha value is -15.8. The molecule has 0 saturated heterocycles. The number of carbonyl (C=O) groups is 3. The number of hydrogen-bond donors (Lipinski definition) is 0. The molecule has 25 rings (SSSR count). The molecule has 19 aromatic rings. The molecule has 688 valence electrons. The van der Waals surface area contributed by atoms with Crippen molar-refractivity contribution in [1.29, 1.82) is 0 Å². The Morgan fingerprint density at radius 3 is 1.02 bits per heavy atom. The predicted molar refractivity (Wildman–Crippen MR) is 591 cm³/mol. The zero-order valence-electron chi connectivity index (χ0n) is 83.1. The van der Waals surface area contributed by atoms with Gasteiger partial charge in [-0.05, 0) is 302 Å². The number of benzene rings is 19. The van der Waals surface area contributed by atoms with Crippen molar-refractivity contribution in [3.05, 3.63) is 560 Å². The Labute approximate surface area is 829 Å². The summed E-state index contributed by atoms with van der Waals surface area (Å²) in [4.78, 5) is 34.3. The number of fused-ring (bicyclic) bond motifs is 18. The maximum Gasteiger partial charge on any atom is 0.159 e. The fourth-order valence-electron chi connectivity index (χ4n) is 20.6. The van der Waals surface area contributed by atoms with Gasteiger partial charge in [0.05, 0.1) is 0 Å². The number of rotatable bonds is 7. The van der Waals surface area contributed by atoms with Crippen LogP contribution < -0.4 is 0 Å². The van der Waals surface area contributed by atoms with Gasteiger partial charge < -0.3 is 0 Å². The molecule has 0 bridgehead atoms. The molecule has 0 spiro atoms. The fraction of sp³-hybridized carbons (Fsp3) is 0.146. The van der Waals surface area contributed by atoms with Crippen molar-refractivity contribution in [3.63, 3.8) is 0 Å². The molecule has 0 saturated carbocycles. The molecule has 1 unspecified atom stereocenters. The third-order valence-electron chi connectivity index (χ3n) is 28.1. The van der Waals surface area contributed by atoms with Crippen LogP contribution in [0.4, 0.5) is 0 Å². The molecule has 0 aliphatic heterocycles. The zero-order valence-corrected chi connectivity index (χ0v) is 83.1. The lowest BCUT2D eigenvalue weighted by molar-refractivity contribution is 0.100. The van der Waals surface area contributed by atoms with E-state index in [-0.39, 0.29) is 28.2 Å². The van der Waals surface area contributed by atoms with Crippen LogP contribution in [0.1, 0.15) is 193 Å². The van der Waals surface area contributed by atoms with E-state index in [0.29, 0.717) is 5.92 Å². The summed E-state index contributed by atoms with van der Waals surface area (Å²) in [5, 5.41) is 0. The van der Waals surface area contributed by atoms with Crippen molar-refractivity contribution in [2.24, 2.45) is 0 Å². The molecule has 0 N–H and O–H groups in total. The normalized spacial score (nSPS) is 12.8. The number of hydrogen-bond acceptors (Lipinski definition) is 3. The summed E-state index contributed by atoms with van der Waals surface area (Å²) in [5.41, 5.74) is 54.2. The standard InChI is InChI=1S/2C20H16O.2C16H16.C15H14.3C14H12.C8H8O/c2*1-15(21)18-12-19(16-8-4-2-5-9-16)14-20(13-18)17-10-6-3-7-11-17;1-11-8-9-15-13(10-11)12-6-4-5-7-14(12)16(15,2)3;1-11-8-9-13-12-6-4-5-7-14(12)16(2,3)15(13)10-11;1-10-7-8-14-13-6-4-3-5-12(13)11(2)15(14)9-10;1-10-5-4-7-12-9-11-6-2-3-8-13(11)14(10)12;1-10-6-7-14-12(8-10)9-11-4-2-3-5-13(11)14;1-10-6-7-12-9-11-4-2-3-5-13(11)14(12)8-10;1-7(9)8-5-3-2-4-6-8/h2*2-14H,1H3;2*4-10H,1-3H3;3-9,11H,1-2H3;3*2-8H,9H2,1H3;2-6H,1H3. The van der Waals surface area contributed by atoms with Gasteiger partial charge in [-0.1, -0.05) is 469 Å². The Bertz CT molecular complexity index is 7470. The topological polar surface area (TPSA) is 51.2 Å². The van der Waals surface area contributed by atoms with Gasteiger partial charge in [-0.15, -0.1) is 0 Å². The minimum atomic E-state index is 0.0879. The van der Waals surface area contributed by atoms with Gasteiger partial charge >= 0.3 is 0 Å². The van der Waals surface area contributed by atoms with Crippen LogP contribution in [-0.2, 0) is 30.1 Å². The molecular weight excluding hydrogens is 1690 g/mol. The summed E-state index contributed by atoms with van der Waals surface area (Å²) in [6, 6.07) is 155. The van der Waals surface area contributed by atoms with Gasteiger partial charge in [0.1, 0.15) is 0 Å². The predicted octanol–water partition coefficient (Wildman–Crippen LogP) is 35.8. The van der Waals surface area contributed by atoms with E-state index in [0.717, 1.165) is 80.5 Å².